The normalized spacial score (nSPS) is 13.4. The van der Waals surface area contributed by atoms with Crippen LogP contribution in [0, 0.1) is 5.92 Å². The molecule has 0 amide bonds. The molecule has 4 nitrogen and oxygen atoms in total. The third-order valence-electron chi connectivity index (χ3n) is 2.63. The van der Waals surface area contributed by atoms with E-state index in [1.165, 1.54) is 0 Å². The van der Waals surface area contributed by atoms with Gasteiger partial charge < -0.3 is 9.84 Å². The van der Waals surface area contributed by atoms with Crippen LogP contribution in [-0.2, 0) is 9.53 Å². The summed E-state index contributed by atoms with van der Waals surface area (Å²) in [6.45, 7) is 8.24. The Morgan fingerprint density at radius 2 is 2.00 bits per heavy atom. The van der Waals surface area contributed by atoms with Crippen molar-refractivity contribution in [2.45, 2.75) is 39.7 Å². The van der Waals surface area contributed by atoms with Gasteiger partial charge in [-0.1, -0.05) is 20.8 Å². The van der Waals surface area contributed by atoms with Gasteiger partial charge in [0, 0.05) is 13.2 Å². The lowest BCUT2D eigenvalue weighted by Crippen LogP contribution is -2.39. The number of hydrogen-bond acceptors (Lipinski definition) is 3. The fourth-order valence-corrected chi connectivity index (χ4v) is 1.46. The fourth-order valence-electron chi connectivity index (χ4n) is 1.46. The number of rotatable bonds is 9. The molecule has 16 heavy (non-hydrogen) atoms. The third-order valence-corrected chi connectivity index (χ3v) is 2.63. The highest BCUT2D eigenvalue weighted by molar-refractivity contribution is 5.73. The Morgan fingerprint density at radius 1 is 1.38 bits per heavy atom. The summed E-state index contributed by atoms with van der Waals surface area (Å²) in [5.74, 6) is -0.104. The second-order valence-electron chi connectivity index (χ2n) is 4.54. The maximum atomic E-state index is 10.9. The van der Waals surface area contributed by atoms with E-state index in [2.05, 4.69) is 13.8 Å². The van der Waals surface area contributed by atoms with Crippen molar-refractivity contribution < 1.29 is 14.6 Å². The van der Waals surface area contributed by atoms with Gasteiger partial charge in [0.05, 0.1) is 6.61 Å². The number of carboxylic acid groups (broad SMARTS) is 1. The topological polar surface area (TPSA) is 49.8 Å². The van der Waals surface area contributed by atoms with E-state index in [4.69, 9.17) is 9.84 Å². The van der Waals surface area contributed by atoms with Crippen LogP contribution < -0.4 is 0 Å². The van der Waals surface area contributed by atoms with Gasteiger partial charge in [-0.25, -0.2) is 0 Å². The summed E-state index contributed by atoms with van der Waals surface area (Å²) in [4.78, 5) is 12.7. The third kappa shape index (κ3) is 6.80. The van der Waals surface area contributed by atoms with Crippen LogP contribution in [0.5, 0.6) is 0 Å². The van der Waals surface area contributed by atoms with Crippen molar-refractivity contribution in [2.24, 2.45) is 5.92 Å². The minimum absolute atomic E-state index is 0.395. The van der Waals surface area contributed by atoms with Crippen LogP contribution in [0.3, 0.4) is 0 Å². The van der Waals surface area contributed by atoms with Gasteiger partial charge in [0.1, 0.15) is 6.04 Å². The summed E-state index contributed by atoms with van der Waals surface area (Å²) >= 11 is 0. The summed E-state index contributed by atoms with van der Waals surface area (Å²) in [6.07, 6.45) is 1.68. The number of likely N-dealkylation sites (N-methyl/N-ethyl adjacent to an activating group) is 1. The van der Waals surface area contributed by atoms with Crippen molar-refractivity contribution in [3.63, 3.8) is 0 Å². The molecule has 0 aliphatic heterocycles. The number of ether oxygens (including phenoxy) is 1. The van der Waals surface area contributed by atoms with Gasteiger partial charge in [0.2, 0.25) is 0 Å². The number of carbonyl (C=O) groups is 1. The van der Waals surface area contributed by atoms with Gasteiger partial charge in [0.15, 0.2) is 0 Å². The molecular formula is C12H25NO3. The Labute approximate surface area is 98.6 Å². The zero-order chi connectivity index (χ0) is 12.6. The average Bonchev–Trinajstić information content (AvgIpc) is 2.17. The molecule has 0 bridgehead atoms. The number of carboxylic acids is 1. The molecule has 0 aromatic carbocycles. The summed E-state index contributed by atoms with van der Waals surface area (Å²) in [5.41, 5.74) is 0. The smallest absolute Gasteiger partial charge is 0.320 e. The molecule has 0 rings (SSSR count). The lowest BCUT2D eigenvalue weighted by atomic mass is 10.1. The molecule has 0 aliphatic rings. The van der Waals surface area contributed by atoms with Crippen molar-refractivity contribution in [3.8, 4) is 0 Å². The van der Waals surface area contributed by atoms with Crippen molar-refractivity contribution in [3.05, 3.63) is 0 Å². The first kappa shape index (κ1) is 15.4. The highest BCUT2D eigenvalue weighted by atomic mass is 16.5. The molecular weight excluding hydrogens is 206 g/mol. The van der Waals surface area contributed by atoms with Crippen LogP contribution in [0.1, 0.15) is 33.6 Å². The van der Waals surface area contributed by atoms with Gasteiger partial charge >= 0.3 is 5.97 Å². The quantitative estimate of drug-likeness (QED) is 0.615. The first-order valence-corrected chi connectivity index (χ1v) is 5.99. The van der Waals surface area contributed by atoms with Gasteiger partial charge in [-0.05, 0) is 25.8 Å². The standard InChI is InChI=1S/C12H25NO3/c1-5-11(12(14)15)13(4)7-9-16-8-6-10(2)3/h10-11H,5-9H2,1-4H3,(H,14,15). The SMILES string of the molecule is CCC(C(=O)O)N(C)CCOCCC(C)C. The van der Waals surface area contributed by atoms with Crippen molar-refractivity contribution in [2.75, 3.05) is 26.8 Å². The molecule has 0 aromatic heterocycles. The molecule has 1 N–H and O–H groups in total. The molecule has 1 unspecified atom stereocenters. The maximum Gasteiger partial charge on any atom is 0.320 e. The summed E-state index contributed by atoms with van der Waals surface area (Å²) in [7, 11) is 1.83. The average molecular weight is 231 g/mol. The molecule has 1 atom stereocenters. The Morgan fingerprint density at radius 3 is 2.44 bits per heavy atom. The van der Waals surface area contributed by atoms with Gasteiger partial charge in [0.25, 0.3) is 0 Å². The highest BCUT2D eigenvalue weighted by Gasteiger charge is 2.19. The fraction of sp³-hybridized carbons (Fsp3) is 0.917. The second kappa shape index (κ2) is 8.53. The minimum Gasteiger partial charge on any atom is -0.480 e. The number of nitrogens with zero attached hydrogens (tertiary/aromatic N) is 1. The Kier molecular flexibility index (Phi) is 8.21. The largest absolute Gasteiger partial charge is 0.480 e. The molecule has 0 aliphatic carbocycles. The summed E-state index contributed by atoms with van der Waals surface area (Å²) in [5, 5.41) is 8.94. The van der Waals surface area contributed by atoms with Crippen LogP contribution in [0.4, 0.5) is 0 Å². The van der Waals surface area contributed by atoms with Crippen LogP contribution in [0.15, 0.2) is 0 Å². The van der Waals surface area contributed by atoms with Crippen molar-refractivity contribution in [1.29, 1.82) is 0 Å². The van der Waals surface area contributed by atoms with Crippen LogP contribution >= 0.6 is 0 Å². The maximum absolute atomic E-state index is 10.9. The van der Waals surface area contributed by atoms with E-state index in [0.717, 1.165) is 13.0 Å². The van der Waals surface area contributed by atoms with Crippen molar-refractivity contribution in [1.82, 2.24) is 4.90 Å². The van der Waals surface area contributed by atoms with Crippen molar-refractivity contribution >= 4 is 5.97 Å². The van der Waals surface area contributed by atoms with Gasteiger partial charge in [-0.3, -0.25) is 9.69 Å². The minimum atomic E-state index is -0.757. The van der Waals surface area contributed by atoms with Crippen LogP contribution in [-0.4, -0.2) is 48.8 Å². The lowest BCUT2D eigenvalue weighted by Gasteiger charge is -2.23. The molecule has 0 spiro atoms. The van der Waals surface area contributed by atoms with E-state index >= 15 is 0 Å². The molecule has 4 heteroatoms. The number of hydrogen-bond donors (Lipinski definition) is 1. The van der Waals surface area contributed by atoms with E-state index in [1.807, 2.05) is 18.9 Å². The molecule has 0 radical (unpaired) electrons. The van der Waals surface area contributed by atoms with E-state index in [1.54, 1.807) is 0 Å². The van der Waals surface area contributed by atoms with E-state index in [-0.39, 0.29) is 0 Å². The first-order valence-electron chi connectivity index (χ1n) is 5.99. The Bertz CT molecular complexity index is 195. The monoisotopic (exact) mass is 231 g/mol. The Balaban J connectivity index is 3.63. The lowest BCUT2D eigenvalue weighted by molar-refractivity contribution is -0.143. The van der Waals surface area contributed by atoms with Gasteiger partial charge in [-0.2, -0.15) is 0 Å². The molecule has 0 saturated heterocycles. The Hall–Kier alpha value is -0.610. The molecule has 0 fully saturated rings. The second-order valence-corrected chi connectivity index (χ2v) is 4.54. The zero-order valence-electron chi connectivity index (χ0n) is 10.9. The van der Waals surface area contributed by atoms with E-state index in [9.17, 15) is 4.79 Å². The molecule has 96 valence electrons. The summed E-state index contributed by atoms with van der Waals surface area (Å²) in [6, 6.07) is -0.395. The highest BCUT2D eigenvalue weighted by Crippen LogP contribution is 2.02. The first-order chi connectivity index (χ1) is 7.49. The molecule has 0 heterocycles. The van der Waals surface area contributed by atoms with E-state index in [0.29, 0.717) is 25.5 Å². The predicted molar refractivity (Wildman–Crippen MR) is 64.6 cm³/mol. The zero-order valence-corrected chi connectivity index (χ0v) is 10.9. The van der Waals surface area contributed by atoms with Gasteiger partial charge in [-0.15, -0.1) is 0 Å². The molecule has 0 aromatic rings. The molecule has 0 saturated carbocycles. The summed E-state index contributed by atoms with van der Waals surface area (Å²) < 4.78 is 5.45. The predicted octanol–water partition coefficient (Wildman–Crippen LogP) is 1.84. The van der Waals surface area contributed by atoms with Crippen LogP contribution in [0.2, 0.25) is 0 Å². The van der Waals surface area contributed by atoms with Crippen LogP contribution in [0.25, 0.3) is 0 Å². The number of aliphatic carboxylic acids is 1. The van der Waals surface area contributed by atoms with E-state index < -0.39 is 12.0 Å².